The quantitative estimate of drug-likeness (QED) is 0.933. The summed E-state index contributed by atoms with van der Waals surface area (Å²) in [6, 6.07) is 11.9. The van der Waals surface area contributed by atoms with Crippen LogP contribution in [0.3, 0.4) is 0 Å². The van der Waals surface area contributed by atoms with Crippen LogP contribution in [0.15, 0.2) is 36.4 Å². The summed E-state index contributed by atoms with van der Waals surface area (Å²) in [6.07, 6.45) is 0. The lowest BCUT2D eigenvalue weighted by Gasteiger charge is -2.12. The van der Waals surface area contributed by atoms with E-state index in [1.54, 1.807) is 12.1 Å². The van der Waals surface area contributed by atoms with E-state index in [-0.39, 0.29) is 12.6 Å². The average molecular weight is 284 g/mol. The van der Waals surface area contributed by atoms with Crippen LogP contribution in [0.25, 0.3) is 0 Å². The normalized spacial score (nSPS) is 11.8. The van der Waals surface area contributed by atoms with Crippen LogP contribution in [0.2, 0.25) is 0 Å². The summed E-state index contributed by atoms with van der Waals surface area (Å²) in [4.78, 5) is 0. The molecule has 2 aromatic rings. The molecule has 0 aliphatic carbocycles. The summed E-state index contributed by atoms with van der Waals surface area (Å²) in [5.74, 6) is 0.266. The van der Waals surface area contributed by atoms with Crippen molar-refractivity contribution in [1.29, 1.82) is 5.26 Å². The van der Waals surface area contributed by atoms with Gasteiger partial charge >= 0.3 is 0 Å². The van der Waals surface area contributed by atoms with E-state index in [9.17, 15) is 4.39 Å². The fourth-order valence-corrected chi connectivity index (χ4v) is 2.01. The second-order valence-electron chi connectivity index (χ2n) is 5.02. The van der Waals surface area contributed by atoms with Crippen LogP contribution in [-0.2, 0) is 6.61 Å². The fraction of sp³-hybridized carbons (Fsp3) is 0.235. The lowest BCUT2D eigenvalue weighted by molar-refractivity contribution is 0.297. The third kappa shape index (κ3) is 3.59. The molecule has 0 aliphatic heterocycles. The van der Waals surface area contributed by atoms with Gasteiger partial charge in [-0.3, -0.25) is 0 Å². The van der Waals surface area contributed by atoms with Gasteiger partial charge in [-0.1, -0.05) is 18.2 Å². The van der Waals surface area contributed by atoms with Crippen molar-refractivity contribution in [3.05, 3.63) is 64.5 Å². The van der Waals surface area contributed by atoms with Gasteiger partial charge in [-0.05, 0) is 43.2 Å². The molecule has 2 rings (SSSR count). The molecular formula is C17H17FN2O. The van der Waals surface area contributed by atoms with Crippen LogP contribution in [0.1, 0.15) is 35.2 Å². The lowest BCUT2D eigenvalue weighted by Crippen LogP contribution is -2.06. The largest absolute Gasteiger partial charge is 0.489 e. The van der Waals surface area contributed by atoms with Crippen LogP contribution in [0.5, 0.6) is 5.75 Å². The first-order valence-electron chi connectivity index (χ1n) is 6.68. The Morgan fingerprint density at radius 3 is 2.62 bits per heavy atom. The maximum absolute atomic E-state index is 13.8. The first-order valence-corrected chi connectivity index (χ1v) is 6.68. The molecular weight excluding hydrogens is 267 g/mol. The van der Waals surface area contributed by atoms with E-state index in [2.05, 4.69) is 0 Å². The van der Waals surface area contributed by atoms with Crippen molar-refractivity contribution in [1.82, 2.24) is 0 Å². The summed E-state index contributed by atoms with van der Waals surface area (Å²) in [6.45, 7) is 3.97. The van der Waals surface area contributed by atoms with Crippen LogP contribution in [-0.4, -0.2) is 0 Å². The van der Waals surface area contributed by atoms with Crippen molar-refractivity contribution >= 4 is 0 Å². The standard InChI is InChI=1S/C17H17FN2O/c1-11-7-14(12(2)20)5-6-17(11)21-10-15-4-3-13(9-19)8-16(15)18/h3-8,12H,10,20H2,1-2H3/t12-/m1/s1. The lowest BCUT2D eigenvalue weighted by atomic mass is 10.1. The minimum Gasteiger partial charge on any atom is -0.489 e. The van der Waals surface area contributed by atoms with Gasteiger partial charge in [0.25, 0.3) is 0 Å². The molecule has 0 spiro atoms. The highest BCUT2D eigenvalue weighted by atomic mass is 19.1. The van der Waals surface area contributed by atoms with Crippen LogP contribution in [0, 0.1) is 24.1 Å². The van der Waals surface area contributed by atoms with E-state index in [0.717, 1.165) is 11.1 Å². The Morgan fingerprint density at radius 2 is 2.05 bits per heavy atom. The minimum absolute atomic E-state index is 0.0336. The maximum atomic E-state index is 13.8. The third-order valence-electron chi connectivity index (χ3n) is 3.29. The molecule has 1 atom stereocenters. The van der Waals surface area contributed by atoms with Gasteiger partial charge in [0, 0.05) is 11.6 Å². The number of nitrogens with zero attached hydrogens (tertiary/aromatic N) is 1. The Labute approximate surface area is 123 Å². The van der Waals surface area contributed by atoms with Crippen LogP contribution < -0.4 is 10.5 Å². The van der Waals surface area contributed by atoms with Crippen molar-refractivity contribution in [2.45, 2.75) is 26.5 Å². The summed E-state index contributed by atoms with van der Waals surface area (Å²) >= 11 is 0. The van der Waals surface area contributed by atoms with Crippen LogP contribution >= 0.6 is 0 Å². The molecule has 0 amide bonds. The number of hydrogen-bond acceptors (Lipinski definition) is 3. The van der Waals surface area contributed by atoms with E-state index in [0.29, 0.717) is 16.9 Å². The van der Waals surface area contributed by atoms with E-state index in [4.69, 9.17) is 15.7 Å². The molecule has 2 aromatic carbocycles. The number of rotatable bonds is 4. The van der Waals surface area contributed by atoms with Crippen molar-refractivity contribution in [2.75, 3.05) is 0 Å². The molecule has 0 aliphatic rings. The van der Waals surface area contributed by atoms with Crippen LogP contribution in [0.4, 0.5) is 4.39 Å². The van der Waals surface area contributed by atoms with Gasteiger partial charge in [0.15, 0.2) is 0 Å². The molecule has 4 heteroatoms. The zero-order valence-electron chi connectivity index (χ0n) is 12.1. The van der Waals surface area contributed by atoms with Gasteiger partial charge in [0.2, 0.25) is 0 Å². The Morgan fingerprint density at radius 1 is 1.29 bits per heavy atom. The topological polar surface area (TPSA) is 59.0 Å². The number of nitrogens with two attached hydrogens (primary N) is 1. The van der Waals surface area contributed by atoms with Gasteiger partial charge in [0.05, 0.1) is 11.6 Å². The second kappa shape index (κ2) is 6.38. The monoisotopic (exact) mass is 284 g/mol. The molecule has 0 heterocycles. The minimum atomic E-state index is -0.432. The number of aryl methyl sites for hydroxylation is 1. The zero-order chi connectivity index (χ0) is 15.4. The first-order chi connectivity index (χ1) is 10.0. The Bertz CT molecular complexity index is 690. The smallest absolute Gasteiger partial charge is 0.131 e. The summed E-state index contributed by atoms with van der Waals surface area (Å²) in [5.41, 5.74) is 8.54. The molecule has 21 heavy (non-hydrogen) atoms. The molecule has 0 fully saturated rings. The van der Waals surface area contributed by atoms with Crippen molar-refractivity contribution < 1.29 is 9.13 Å². The van der Waals surface area contributed by atoms with Crippen molar-refractivity contribution in [3.8, 4) is 11.8 Å². The van der Waals surface area contributed by atoms with E-state index >= 15 is 0 Å². The molecule has 0 saturated carbocycles. The number of benzene rings is 2. The molecule has 2 N–H and O–H groups in total. The predicted octanol–water partition coefficient (Wildman–Crippen LogP) is 3.60. The highest BCUT2D eigenvalue weighted by molar-refractivity contribution is 5.38. The molecule has 3 nitrogen and oxygen atoms in total. The molecule has 0 radical (unpaired) electrons. The second-order valence-corrected chi connectivity index (χ2v) is 5.02. The Balaban J connectivity index is 2.12. The SMILES string of the molecule is Cc1cc([C@@H](C)N)ccc1OCc1ccc(C#N)cc1F. The Hall–Kier alpha value is -2.38. The Kier molecular flexibility index (Phi) is 4.56. The van der Waals surface area contributed by atoms with Gasteiger partial charge in [-0.15, -0.1) is 0 Å². The third-order valence-corrected chi connectivity index (χ3v) is 3.29. The molecule has 0 bridgehead atoms. The van der Waals surface area contributed by atoms with Crippen molar-refractivity contribution in [2.24, 2.45) is 5.73 Å². The first kappa shape index (κ1) is 15.0. The van der Waals surface area contributed by atoms with Crippen molar-refractivity contribution in [3.63, 3.8) is 0 Å². The number of nitriles is 1. The predicted molar refractivity (Wildman–Crippen MR) is 79.2 cm³/mol. The van der Waals surface area contributed by atoms with Gasteiger partial charge < -0.3 is 10.5 Å². The number of ether oxygens (including phenoxy) is 1. The van der Waals surface area contributed by atoms with E-state index in [1.165, 1.54) is 6.07 Å². The molecule has 0 unspecified atom stereocenters. The zero-order valence-corrected chi connectivity index (χ0v) is 12.1. The number of halogens is 1. The highest BCUT2D eigenvalue weighted by Crippen LogP contribution is 2.23. The van der Waals surface area contributed by atoms with Gasteiger partial charge in [0.1, 0.15) is 18.2 Å². The van der Waals surface area contributed by atoms with Gasteiger partial charge in [-0.2, -0.15) is 5.26 Å². The fourth-order valence-electron chi connectivity index (χ4n) is 2.01. The van der Waals surface area contributed by atoms with E-state index < -0.39 is 5.82 Å². The van der Waals surface area contributed by atoms with Gasteiger partial charge in [-0.25, -0.2) is 4.39 Å². The number of hydrogen-bond donors (Lipinski definition) is 1. The summed E-state index contributed by atoms with van der Waals surface area (Å²) < 4.78 is 19.4. The molecule has 0 aromatic heterocycles. The maximum Gasteiger partial charge on any atom is 0.131 e. The average Bonchev–Trinajstić information content (AvgIpc) is 2.46. The highest BCUT2D eigenvalue weighted by Gasteiger charge is 2.07. The summed E-state index contributed by atoms with van der Waals surface area (Å²) in [7, 11) is 0. The molecule has 0 saturated heterocycles. The summed E-state index contributed by atoms with van der Waals surface area (Å²) in [5, 5.41) is 8.71. The molecule has 108 valence electrons. The van der Waals surface area contributed by atoms with E-state index in [1.807, 2.05) is 38.1 Å².